The van der Waals surface area contributed by atoms with Gasteiger partial charge in [-0.25, -0.2) is 0 Å². The van der Waals surface area contributed by atoms with Crippen molar-refractivity contribution in [3.63, 3.8) is 0 Å². The number of rotatable bonds is 4. The molecule has 0 radical (unpaired) electrons. The minimum Gasteiger partial charge on any atom is -0.393 e. The third kappa shape index (κ3) is 4.15. The molecule has 1 saturated carbocycles. The van der Waals surface area contributed by atoms with Crippen molar-refractivity contribution in [1.29, 1.82) is 0 Å². The van der Waals surface area contributed by atoms with Crippen molar-refractivity contribution < 1.29 is 9.90 Å². The molecular formula is C15H21NO2. The van der Waals surface area contributed by atoms with E-state index in [0.29, 0.717) is 18.9 Å². The number of benzene rings is 1. The molecule has 0 aliphatic heterocycles. The van der Waals surface area contributed by atoms with Gasteiger partial charge in [-0.2, -0.15) is 0 Å². The number of hydrogen-bond acceptors (Lipinski definition) is 2. The third-order valence-electron chi connectivity index (χ3n) is 3.55. The molecule has 0 aromatic heterocycles. The molecule has 1 amide bonds. The Morgan fingerprint density at radius 3 is 2.78 bits per heavy atom. The van der Waals surface area contributed by atoms with E-state index in [-0.39, 0.29) is 12.0 Å². The first-order valence-corrected chi connectivity index (χ1v) is 6.72. The summed E-state index contributed by atoms with van der Waals surface area (Å²) in [6.45, 7) is 0.697. The number of carbonyl (C=O) groups excluding carboxylic acids is 1. The van der Waals surface area contributed by atoms with E-state index in [1.54, 1.807) is 0 Å². The van der Waals surface area contributed by atoms with Crippen molar-refractivity contribution in [2.24, 2.45) is 5.92 Å². The minimum atomic E-state index is -0.172. The molecule has 1 aliphatic rings. The highest BCUT2D eigenvalue weighted by molar-refractivity contribution is 5.78. The molecule has 3 nitrogen and oxygen atoms in total. The molecule has 2 rings (SSSR count). The van der Waals surface area contributed by atoms with Gasteiger partial charge in [0.2, 0.25) is 5.91 Å². The van der Waals surface area contributed by atoms with Gasteiger partial charge in [0, 0.05) is 6.54 Å². The lowest BCUT2D eigenvalue weighted by Gasteiger charge is -2.25. The van der Waals surface area contributed by atoms with Gasteiger partial charge in [-0.1, -0.05) is 36.8 Å². The van der Waals surface area contributed by atoms with Crippen molar-refractivity contribution in [1.82, 2.24) is 5.32 Å². The molecule has 2 N–H and O–H groups in total. The number of aliphatic hydroxyl groups excluding tert-OH is 1. The molecule has 0 saturated heterocycles. The second-order valence-corrected chi connectivity index (χ2v) is 5.15. The lowest BCUT2D eigenvalue weighted by atomic mass is 9.87. The lowest BCUT2D eigenvalue weighted by molar-refractivity contribution is -0.120. The van der Waals surface area contributed by atoms with E-state index in [0.717, 1.165) is 31.2 Å². The highest BCUT2D eigenvalue weighted by Crippen LogP contribution is 2.23. The molecule has 0 heterocycles. The average Bonchev–Trinajstić information content (AvgIpc) is 2.38. The number of hydrogen-bond donors (Lipinski definition) is 2. The second kappa shape index (κ2) is 6.55. The van der Waals surface area contributed by atoms with Gasteiger partial charge in [0.25, 0.3) is 0 Å². The second-order valence-electron chi connectivity index (χ2n) is 5.15. The van der Waals surface area contributed by atoms with Gasteiger partial charge in [-0.15, -0.1) is 0 Å². The maximum absolute atomic E-state index is 11.8. The molecule has 2 atom stereocenters. The monoisotopic (exact) mass is 247 g/mol. The van der Waals surface area contributed by atoms with Crippen LogP contribution in [0.2, 0.25) is 0 Å². The van der Waals surface area contributed by atoms with Gasteiger partial charge in [-0.05, 0) is 30.7 Å². The Hall–Kier alpha value is -1.35. The van der Waals surface area contributed by atoms with Crippen LogP contribution >= 0.6 is 0 Å². The van der Waals surface area contributed by atoms with Crippen LogP contribution in [-0.2, 0) is 11.2 Å². The van der Waals surface area contributed by atoms with Gasteiger partial charge in [0.05, 0.1) is 12.5 Å². The topological polar surface area (TPSA) is 49.3 Å². The SMILES string of the molecule is O=C(Cc1ccccc1)NCC1CCCC(O)C1. The van der Waals surface area contributed by atoms with Crippen LogP contribution in [0, 0.1) is 5.92 Å². The highest BCUT2D eigenvalue weighted by atomic mass is 16.3. The van der Waals surface area contributed by atoms with E-state index < -0.39 is 0 Å². The van der Waals surface area contributed by atoms with Crippen LogP contribution in [0.3, 0.4) is 0 Å². The maximum Gasteiger partial charge on any atom is 0.224 e. The van der Waals surface area contributed by atoms with E-state index in [1.807, 2.05) is 30.3 Å². The highest BCUT2D eigenvalue weighted by Gasteiger charge is 2.20. The molecule has 3 heteroatoms. The number of amides is 1. The number of carbonyl (C=O) groups is 1. The van der Waals surface area contributed by atoms with Crippen LogP contribution < -0.4 is 5.32 Å². The fourth-order valence-corrected chi connectivity index (χ4v) is 2.55. The van der Waals surface area contributed by atoms with E-state index >= 15 is 0 Å². The van der Waals surface area contributed by atoms with Crippen LogP contribution in [0.4, 0.5) is 0 Å². The third-order valence-corrected chi connectivity index (χ3v) is 3.55. The fraction of sp³-hybridized carbons (Fsp3) is 0.533. The van der Waals surface area contributed by atoms with Crippen molar-refractivity contribution in [2.45, 2.75) is 38.2 Å². The van der Waals surface area contributed by atoms with E-state index in [9.17, 15) is 9.90 Å². The van der Waals surface area contributed by atoms with Crippen LogP contribution in [0.15, 0.2) is 30.3 Å². The zero-order valence-electron chi connectivity index (χ0n) is 10.6. The summed E-state index contributed by atoms with van der Waals surface area (Å²) < 4.78 is 0. The lowest BCUT2D eigenvalue weighted by Crippen LogP contribution is -2.33. The fourth-order valence-electron chi connectivity index (χ4n) is 2.55. The quantitative estimate of drug-likeness (QED) is 0.853. The van der Waals surface area contributed by atoms with Gasteiger partial charge < -0.3 is 10.4 Å². The largest absolute Gasteiger partial charge is 0.393 e. The minimum absolute atomic E-state index is 0.0706. The molecule has 98 valence electrons. The Kier molecular flexibility index (Phi) is 4.76. The zero-order valence-corrected chi connectivity index (χ0v) is 10.6. The molecule has 1 fully saturated rings. The normalized spacial score (nSPS) is 23.6. The van der Waals surface area contributed by atoms with Crippen molar-refractivity contribution in [3.8, 4) is 0 Å². The Morgan fingerprint density at radius 2 is 2.06 bits per heavy atom. The summed E-state index contributed by atoms with van der Waals surface area (Å²) in [5, 5.41) is 12.5. The predicted octanol–water partition coefficient (Wildman–Crippen LogP) is 1.90. The Morgan fingerprint density at radius 1 is 1.28 bits per heavy atom. The first-order chi connectivity index (χ1) is 8.74. The van der Waals surface area contributed by atoms with Gasteiger partial charge >= 0.3 is 0 Å². The Bertz CT molecular complexity index is 377. The summed E-state index contributed by atoms with van der Waals surface area (Å²) in [6, 6.07) is 9.76. The summed E-state index contributed by atoms with van der Waals surface area (Å²) in [6.07, 6.45) is 4.19. The summed E-state index contributed by atoms with van der Waals surface area (Å²) in [5.41, 5.74) is 1.04. The Balaban J connectivity index is 1.71. The smallest absolute Gasteiger partial charge is 0.224 e. The molecule has 0 spiro atoms. The van der Waals surface area contributed by atoms with E-state index in [1.165, 1.54) is 0 Å². The van der Waals surface area contributed by atoms with Crippen molar-refractivity contribution in [2.75, 3.05) is 6.54 Å². The van der Waals surface area contributed by atoms with Crippen LogP contribution in [0.5, 0.6) is 0 Å². The average molecular weight is 247 g/mol. The summed E-state index contributed by atoms with van der Waals surface area (Å²) in [4.78, 5) is 11.8. The van der Waals surface area contributed by atoms with Gasteiger partial charge in [0.15, 0.2) is 0 Å². The Labute approximate surface area is 108 Å². The molecule has 1 aromatic rings. The first-order valence-electron chi connectivity index (χ1n) is 6.72. The zero-order chi connectivity index (χ0) is 12.8. The predicted molar refractivity (Wildman–Crippen MR) is 71.1 cm³/mol. The molecule has 0 bridgehead atoms. The van der Waals surface area contributed by atoms with Crippen molar-refractivity contribution in [3.05, 3.63) is 35.9 Å². The van der Waals surface area contributed by atoms with E-state index in [2.05, 4.69) is 5.32 Å². The van der Waals surface area contributed by atoms with Crippen LogP contribution in [0.1, 0.15) is 31.2 Å². The van der Waals surface area contributed by atoms with Crippen LogP contribution in [-0.4, -0.2) is 23.7 Å². The molecular weight excluding hydrogens is 226 g/mol. The van der Waals surface area contributed by atoms with Crippen LogP contribution in [0.25, 0.3) is 0 Å². The summed E-state index contributed by atoms with van der Waals surface area (Å²) in [7, 11) is 0. The van der Waals surface area contributed by atoms with Crippen molar-refractivity contribution >= 4 is 5.91 Å². The molecule has 18 heavy (non-hydrogen) atoms. The maximum atomic E-state index is 11.8. The van der Waals surface area contributed by atoms with E-state index in [4.69, 9.17) is 0 Å². The standard InChI is InChI=1S/C15H21NO2/c17-14-8-4-7-13(9-14)11-16-15(18)10-12-5-2-1-3-6-12/h1-3,5-6,13-14,17H,4,7-11H2,(H,16,18). The molecule has 1 aliphatic carbocycles. The first kappa shape index (κ1) is 13.1. The number of aliphatic hydroxyl groups is 1. The summed E-state index contributed by atoms with van der Waals surface area (Å²) in [5.74, 6) is 0.509. The van der Waals surface area contributed by atoms with Gasteiger partial charge in [0.1, 0.15) is 0 Å². The molecule has 2 unspecified atom stereocenters. The summed E-state index contributed by atoms with van der Waals surface area (Å²) >= 11 is 0. The van der Waals surface area contributed by atoms with Gasteiger partial charge in [-0.3, -0.25) is 4.79 Å². The molecule has 1 aromatic carbocycles. The number of nitrogens with one attached hydrogen (secondary N) is 1.